The summed E-state index contributed by atoms with van der Waals surface area (Å²) in [6.45, 7) is 0. The molecule has 0 aliphatic rings. The zero-order valence-electron chi connectivity index (χ0n) is 7.13. The molecular weight excluding hydrogens is 167 g/mol. The summed E-state index contributed by atoms with van der Waals surface area (Å²) in [4.78, 5) is 0. The van der Waals surface area contributed by atoms with Crippen LogP contribution >= 0.6 is 0 Å². The van der Waals surface area contributed by atoms with E-state index in [1.165, 1.54) is 12.1 Å². The maximum Gasteiger partial charge on any atom is 0.123 e. The molecule has 0 saturated carbocycles. The third kappa shape index (κ3) is 2.55. The second kappa shape index (κ2) is 4.61. The standard InChI is InChI=1S/C10H11FN2/c1-2-4-10(13-12)8-5-3-6-9(11)7-8/h1,3,5-7,10,13H,4,12H2. The first-order valence-corrected chi connectivity index (χ1v) is 3.93. The first-order valence-electron chi connectivity index (χ1n) is 3.93. The van der Waals surface area contributed by atoms with Crippen molar-refractivity contribution in [2.24, 2.45) is 5.84 Å². The Balaban J connectivity index is 2.86. The molecule has 3 heteroatoms. The van der Waals surface area contributed by atoms with Gasteiger partial charge >= 0.3 is 0 Å². The highest BCUT2D eigenvalue weighted by molar-refractivity contribution is 5.21. The van der Waals surface area contributed by atoms with E-state index in [9.17, 15) is 4.39 Å². The van der Waals surface area contributed by atoms with Gasteiger partial charge < -0.3 is 0 Å². The highest BCUT2D eigenvalue weighted by Crippen LogP contribution is 2.15. The lowest BCUT2D eigenvalue weighted by molar-refractivity contribution is 0.558. The SMILES string of the molecule is C#CCC(NN)c1cccc(F)c1. The predicted octanol–water partition coefficient (Wildman–Crippen LogP) is 1.35. The van der Waals surface area contributed by atoms with Gasteiger partial charge in [0.2, 0.25) is 0 Å². The molecule has 2 nitrogen and oxygen atoms in total. The second-order valence-electron chi connectivity index (χ2n) is 2.68. The van der Waals surface area contributed by atoms with Crippen LogP contribution in [0, 0.1) is 18.2 Å². The molecule has 0 bridgehead atoms. The molecule has 0 aliphatic carbocycles. The van der Waals surface area contributed by atoms with Crippen LogP contribution in [0.1, 0.15) is 18.0 Å². The van der Waals surface area contributed by atoms with Crippen LogP contribution in [0.4, 0.5) is 4.39 Å². The predicted molar refractivity (Wildman–Crippen MR) is 49.9 cm³/mol. The van der Waals surface area contributed by atoms with Crippen LogP contribution in [0.5, 0.6) is 0 Å². The van der Waals surface area contributed by atoms with Crippen LogP contribution in [0.3, 0.4) is 0 Å². The monoisotopic (exact) mass is 178 g/mol. The summed E-state index contributed by atoms with van der Waals surface area (Å²) in [6.07, 6.45) is 5.59. The molecular formula is C10H11FN2. The lowest BCUT2D eigenvalue weighted by atomic mass is 10.1. The Labute approximate surface area is 76.9 Å². The van der Waals surface area contributed by atoms with Gasteiger partial charge in [-0.3, -0.25) is 11.3 Å². The van der Waals surface area contributed by atoms with Crippen molar-refractivity contribution in [1.82, 2.24) is 5.43 Å². The number of benzene rings is 1. The number of hydrogen-bond acceptors (Lipinski definition) is 2. The molecule has 1 aromatic carbocycles. The van der Waals surface area contributed by atoms with E-state index in [-0.39, 0.29) is 11.9 Å². The Morgan fingerprint density at radius 3 is 2.92 bits per heavy atom. The van der Waals surface area contributed by atoms with Gasteiger partial charge in [-0.05, 0) is 17.7 Å². The highest BCUT2D eigenvalue weighted by Gasteiger charge is 2.07. The van der Waals surface area contributed by atoms with Crippen LogP contribution in [0.15, 0.2) is 24.3 Å². The molecule has 0 aromatic heterocycles. The summed E-state index contributed by atoms with van der Waals surface area (Å²) in [5.41, 5.74) is 3.30. The van der Waals surface area contributed by atoms with E-state index in [2.05, 4.69) is 11.3 Å². The molecule has 0 saturated heterocycles. The Morgan fingerprint density at radius 2 is 2.38 bits per heavy atom. The second-order valence-corrected chi connectivity index (χ2v) is 2.68. The Kier molecular flexibility index (Phi) is 3.44. The number of hydrazine groups is 1. The zero-order valence-corrected chi connectivity index (χ0v) is 7.13. The molecule has 0 aliphatic heterocycles. The molecule has 0 heterocycles. The van der Waals surface area contributed by atoms with Gasteiger partial charge in [0.25, 0.3) is 0 Å². The van der Waals surface area contributed by atoms with E-state index >= 15 is 0 Å². The van der Waals surface area contributed by atoms with Crippen molar-refractivity contribution in [3.8, 4) is 12.3 Å². The van der Waals surface area contributed by atoms with Gasteiger partial charge in [-0.1, -0.05) is 12.1 Å². The van der Waals surface area contributed by atoms with Crippen molar-refractivity contribution in [2.45, 2.75) is 12.5 Å². The lowest BCUT2D eigenvalue weighted by Gasteiger charge is -2.12. The number of nitrogens with two attached hydrogens (primary N) is 1. The maximum atomic E-state index is 12.8. The fraction of sp³-hybridized carbons (Fsp3) is 0.200. The van der Waals surface area contributed by atoms with Crippen molar-refractivity contribution in [3.63, 3.8) is 0 Å². The number of halogens is 1. The van der Waals surface area contributed by atoms with E-state index in [1.807, 2.05) is 0 Å². The van der Waals surface area contributed by atoms with E-state index in [4.69, 9.17) is 12.3 Å². The summed E-state index contributed by atoms with van der Waals surface area (Å²) in [5.74, 6) is 7.46. The summed E-state index contributed by atoms with van der Waals surface area (Å²) in [6, 6.07) is 6.03. The average molecular weight is 178 g/mol. The first kappa shape index (κ1) is 9.72. The minimum atomic E-state index is -0.283. The van der Waals surface area contributed by atoms with E-state index < -0.39 is 0 Å². The third-order valence-electron chi connectivity index (χ3n) is 1.77. The van der Waals surface area contributed by atoms with Crippen LogP contribution in [0.25, 0.3) is 0 Å². The van der Waals surface area contributed by atoms with E-state index in [0.29, 0.717) is 6.42 Å². The van der Waals surface area contributed by atoms with Crippen molar-refractivity contribution in [2.75, 3.05) is 0 Å². The Morgan fingerprint density at radius 1 is 1.62 bits per heavy atom. The molecule has 3 N–H and O–H groups in total. The lowest BCUT2D eigenvalue weighted by Crippen LogP contribution is -2.27. The van der Waals surface area contributed by atoms with Crippen molar-refractivity contribution in [1.29, 1.82) is 0 Å². The average Bonchev–Trinajstić information content (AvgIpc) is 2.14. The maximum absolute atomic E-state index is 12.8. The largest absolute Gasteiger partial charge is 0.271 e. The fourth-order valence-corrected chi connectivity index (χ4v) is 1.11. The van der Waals surface area contributed by atoms with Gasteiger partial charge in [-0.25, -0.2) is 4.39 Å². The first-order chi connectivity index (χ1) is 6.27. The van der Waals surface area contributed by atoms with Crippen molar-refractivity contribution < 1.29 is 4.39 Å². The van der Waals surface area contributed by atoms with Crippen LogP contribution in [0.2, 0.25) is 0 Å². The Bertz CT molecular complexity index is 317. The highest BCUT2D eigenvalue weighted by atomic mass is 19.1. The van der Waals surface area contributed by atoms with Crippen molar-refractivity contribution >= 4 is 0 Å². The third-order valence-corrected chi connectivity index (χ3v) is 1.77. The van der Waals surface area contributed by atoms with Crippen LogP contribution in [-0.2, 0) is 0 Å². The molecule has 1 rings (SSSR count). The van der Waals surface area contributed by atoms with Gasteiger partial charge in [0.15, 0.2) is 0 Å². The number of terminal acetylenes is 1. The molecule has 13 heavy (non-hydrogen) atoms. The van der Waals surface area contributed by atoms with Gasteiger partial charge in [-0.15, -0.1) is 12.3 Å². The van der Waals surface area contributed by atoms with Crippen LogP contribution in [-0.4, -0.2) is 0 Å². The normalized spacial score (nSPS) is 12.1. The molecule has 1 aromatic rings. The van der Waals surface area contributed by atoms with Crippen LogP contribution < -0.4 is 11.3 Å². The smallest absolute Gasteiger partial charge is 0.123 e. The molecule has 0 fully saturated rings. The molecule has 1 atom stereocenters. The molecule has 1 unspecified atom stereocenters. The van der Waals surface area contributed by atoms with E-state index in [0.717, 1.165) is 5.56 Å². The fourth-order valence-electron chi connectivity index (χ4n) is 1.11. The van der Waals surface area contributed by atoms with E-state index in [1.54, 1.807) is 12.1 Å². The van der Waals surface area contributed by atoms with Gasteiger partial charge in [0.1, 0.15) is 5.82 Å². The van der Waals surface area contributed by atoms with Gasteiger partial charge in [0.05, 0.1) is 6.04 Å². The minimum Gasteiger partial charge on any atom is -0.271 e. The topological polar surface area (TPSA) is 38.0 Å². The van der Waals surface area contributed by atoms with Gasteiger partial charge in [-0.2, -0.15) is 0 Å². The summed E-state index contributed by atoms with van der Waals surface area (Å²) < 4.78 is 12.8. The number of hydrogen-bond donors (Lipinski definition) is 2. The number of nitrogens with one attached hydrogen (secondary N) is 1. The molecule has 68 valence electrons. The van der Waals surface area contributed by atoms with Crippen molar-refractivity contribution in [3.05, 3.63) is 35.6 Å². The molecule has 0 amide bonds. The Hall–Kier alpha value is -1.37. The summed E-state index contributed by atoms with van der Waals surface area (Å²) in [5, 5.41) is 0. The quantitative estimate of drug-likeness (QED) is 0.416. The summed E-state index contributed by atoms with van der Waals surface area (Å²) in [7, 11) is 0. The zero-order chi connectivity index (χ0) is 9.68. The molecule has 0 radical (unpaired) electrons. The molecule has 0 spiro atoms. The minimum absolute atomic E-state index is 0.180. The number of rotatable bonds is 3. The van der Waals surface area contributed by atoms with Gasteiger partial charge in [0, 0.05) is 6.42 Å². The summed E-state index contributed by atoms with van der Waals surface area (Å²) >= 11 is 0.